The van der Waals surface area contributed by atoms with Crippen molar-refractivity contribution in [2.45, 2.75) is 23.7 Å². The summed E-state index contributed by atoms with van der Waals surface area (Å²) in [7, 11) is -3.49. The molecule has 1 aromatic heterocycles. The number of imidazole rings is 1. The number of benzene rings is 2. The summed E-state index contributed by atoms with van der Waals surface area (Å²) in [6, 6.07) is 9.57. The Morgan fingerprint density at radius 3 is 2.55 bits per heavy atom. The van der Waals surface area contributed by atoms with Crippen molar-refractivity contribution in [3.63, 3.8) is 0 Å². The zero-order valence-corrected chi connectivity index (χ0v) is 16.5. The van der Waals surface area contributed by atoms with E-state index in [-0.39, 0.29) is 16.4 Å². The van der Waals surface area contributed by atoms with Crippen LogP contribution in [0.25, 0.3) is 22.4 Å². The van der Waals surface area contributed by atoms with Crippen molar-refractivity contribution < 1.29 is 22.7 Å². The molecule has 0 atom stereocenters. The van der Waals surface area contributed by atoms with Crippen LogP contribution in [0.3, 0.4) is 0 Å². The van der Waals surface area contributed by atoms with Crippen LogP contribution in [-0.2, 0) is 9.84 Å². The van der Waals surface area contributed by atoms with Crippen molar-refractivity contribution in [1.82, 2.24) is 14.9 Å². The summed E-state index contributed by atoms with van der Waals surface area (Å²) in [5.74, 6) is -0.0730. The first-order chi connectivity index (χ1) is 13.7. The summed E-state index contributed by atoms with van der Waals surface area (Å²) in [5.41, 5.74) is 2.72. The summed E-state index contributed by atoms with van der Waals surface area (Å²) in [4.78, 5) is 19.9. The number of carboxylic acid groups (broad SMARTS) is 1. The lowest BCUT2D eigenvalue weighted by Gasteiger charge is -2.30. The van der Waals surface area contributed by atoms with Gasteiger partial charge in [0.05, 0.1) is 21.5 Å². The summed E-state index contributed by atoms with van der Waals surface area (Å²) in [6.45, 7) is 1.01. The molecule has 1 aliphatic rings. The number of nitrogens with one attached hydrogen (secondary N) is 1. The van der Waals surface area contributed by atoms with E-state index in [1.165, 1.54) is 17.0 Å². The van der Waals surface area contributed by atoms with Crippen LogP contribution < -0.4 is 0 Å². The number of sulfone groups is 1. The number of H-pyrrole nitrogens is 1. The van der Waals surface area contributed by atoms with Crippen LogP contribution in [0.2, 0.25) is 0 Å². The molecule has 0 bridgehead atoms. The highest BCUT2D eigenvalue weighted by Crippen LogP contribution is 2.31. The highest BCUT2D eigenvalue weighted by Gasteiger charge is 2.24. The van der Waals surface area contributed by atoms with Gasteiger partial charge in [-0.05, 0) is 54.7 Å². The van der Waals surface area contributed by atoms with Crippen LogP contribution in [0.1, 0.15) is 24.3 Å². The van der Waals surface area contributed by atoms with Crippen LogP contribution in [0.4, 0.5) is 9.18 Å². The molecule has 0 spiro atoms. The van der Waals surface area contributed by atoms with Crippen molar-refractivity contribution in [3.05, 3.63) is 47.8 Å². The van der Waals surface area contributed by atoms with Gasteiger partial charge in [-0.3, -0.25) is 0 Å². The van der Waals surface area contributed by atoms with E-state index in [1.807, 2.05) is 18.2 Å². The van der Waals surface area contributed by atoms with E-state index in [9.17, 15) is 17.6 Å². The van der Waals surface area contributed by atoms with Gasteiger partial charge in [-0.1, -0.05) is 6.07 Å². The number of aromatic nitrogens is 2. The van der Waals surface area contributed by atoms with Crippen molar-refractivity contribution in [2.75, 3.05) is 19.3 Å². The number of hydrogen-bond acceptors (Lipinski definition) is 4. The average Bonchev–Trinajstić information content (AvgIpc) is 3.10. The number of aromatic amines is 1. The van der Waals surface area contributed by atoms with E-state index in [1.54, 1.807) is 0 Å². The van der Waals surface area contributed by atoms with Gasteiger partial charge in [-0.25, -0.2) is 22.6 Å². The van der Waals surface area contributed by atoms with Gasteiger partial charge in [0.25, 0.3) is 0 Å². The molecule has 0 radical (unpaired) electrons. The summed E-state index contributed by atoms with van der Waals surface area (Å²) >= 11 is 0. The molecule has 1 saturated heterocycles. The number of amides is 1. The summed E-state index contributed by atoms with van der Waals surface area (Å²) in [6.07, 6.45) is 1.65. The summed E-state index contributed by atoms with van der Waals surface area (Å²) in [5, 5.41) is 9.08. The minimum atomic E-state index is -3.49. The van der Waals surface area contributed by atoms with Crippen LogP contribution in [0, 0.1) is 5.82 Å². The highest BCUT2D eigenvalue weighted by atomic mass is 32.2. The van der Waals surface area contributed by atoms with E-state index in [2.05, 4.69) is 9.97 Å². The number of piperidine rings is 1. The van der Waals surface area contributed by atoms with Gasteiger partial charge in [0, 0.05) is 19.3 Å². The van der Waals surface area contributed by atoms with Crippen LogP contribution in [0.5, 0.6) is 0 Å². The van der Waals surface area contributed by atoms with E-state index in [0.717, 1.165) is 36.2 Å². The molecule has 2 heterocycles. The molecule has 0 unspecified atom stereocenters. The number of nitrogens with zero attached hydrogens (tertiary/aromatic N) is 2. The van der Waals surface area contributed by atoms with Gasteiger partial charge in [0.1, 0.15) is 11.6 Å². The predicted octanol–water partition coefficient (Wildman–Crippen LogP) is 3.63. The first-order valence-corrected chi connectivity index (χ1v) is 11.1. The third-order valence-electron chi connectivity index (χ3n) is 5.37. The molecule has 3 aromatic rings. The molecule has 7 nitrogen and oxygen atoms in total. The Balaban J connectivity index is 1.62. The Morgan fingerprint density at radius 1 is 1.21 bits per heavy atom. The Bertz CT molecular complexity index is 1200. The van der Waals surface area contributed by atoms with Gasteiger partial charge in [0.2, 0.25) is 0 Å². The largest absolute Gasteiger partial charge is 0.465 e. The maximum Gasteiger partial charge on any atom is 0.407 e. The number of halogens is 1. The minimum absolute atomic E-state index is 0.0788. The number of hydrogen-bond donors (Lipinski definition) is 2. The molecule has 1 aliphatic heterocycles. The van der Waals surface area contributed by atoms with Gasteiger partial charge in [-0.2, -0.15) is 0 Å². The van der Waals surface area contributed by atoms with E-state index in [4.69, 9.17) is 5.11 Å². The Kier molecular flexibility index (Phi) is 4.77. The molecule has 1 amide bonds. The van der Waals surface area contributed by atoms with Gasteiger partial charge in [0.15, 0.2) is 9.84 Å². The number of carbonyl (C=O) groups is 1. The molecule has 152 valence electrons. The molecular weight excluding hydrogens is 397 g/mol. The van der Waals surface area contributed by atoms with Gasteiger partial charge >= 0.3 is 6.09 Å². The third kappa shape index (κ3) is 3.82. The second kappa shape index (κ2) is 7.14. The number of rotatable bonds is 3. The first-order valence-electron chi connectivity index (χ1n) is 9.20. The van der Waals surface area contributed by atoms with Crippen molar-refractivity contribution in [1.29, 1.82) is 0 Å². The number of fused-ring (bicyclic) bond motifs is 1. The smallest absolute Gasteiger partial charge is 0.407 e. The first kappa shape index (κ1) is 19.4. The van der Waals surface area contributed by atoms with Crippen molar-refractivity contribution in [2.24, 2.45) is 0 Å². The highest BCUT2D eigenvalue weighted by molar-refractivity contribution is 7.90. The maximum absolute atomic E-state index is 14.5. The Labute approximate surface area is 167 Å². The van der Waals surface area contributed by atoms with Crippen molar-refractivity contribution in [3.8, 4) is 11.4 Å². The summed E-state index contributed by atoms with van der Waals surface area (Å²) < 4.78 is 37.7. The van der Waals surface area contributed by atoms with Crippen LogP contribution in [-0.4, -0.2) is 53.8 Å². The third-order valence-corrected chi connectivity index (χ3v) is 6.48. The molecule has 4 rings (SSSR count). The lowest BCUT2D eigenvalue weighted by molar-refractivity contribution is 0.132. The molecule has 2 N–H and O–H groups in total. The van der Waals surface area contributed by atoms with Gasteiger partial charge < -0.3 is 15.0 Å². The minimum Gasteiger partial charge on any atom is -0.465 e. The predicted molar refractivity (Wildman–Crippen MR) is 106 cm³/mol. The number of likely N-dealkylation sites (tertiary alicyclic amines) is 1. The van der Waals surface area contributed by atoms with E-state index in [0.29, 0.717) is 24.4 Å². The fraction of sp³-hybridized carbons (Fsp3) is 0.300. The molecule has 0 aliphatic carbocycles. The molecule has 29 heavy (non-hydrogen) atoms. The normalized spacial score (nSPS) is 15.7. The standard InChI is InChI=1S/C20H20FN3O4S/c1-29(27,28)14-3-4-15(16(21)11-14)19-22-17-5-2-13(10-18(17)23-19)12-6-8-24(9-7-12)20(25)26/h2-5,10-12H,6-9H2,1H3,(H,22,23)(H,25,26). The molecule has 1 fully saturated rings. The van der Waals surface area contributed by atoms with Crippen LogP contribution >= 0.6 is 0 Å². The zero-order chi connectivity index (χ0) is 20.8. The van der Waals surface area contributed by atoms with E-state index < -0.39 is 21.7 Å². The average molecular weight is 417 g/mol. The second-order valence-corrected chi connectivity index (χ2v) is 9.34. The van der Waals surface area contributed by atoms with Crippen molar-refractivity contribution >= 4 is 27.0 Å². The Morgan fingerprint density at radius 2 is 1.93 bits per heavy atom. The lowest BCUT2D eigenvalue weighted by atomic mass is 9.89. The lowest BCUT2D eigenvalue weighted by Crippen LogP contribution is -2.36. The fourth-order valence-corrected chi connectivity index (χ4v) is 4.36. The quantitative estimate of drug-likeness (QED) is 0.677. The van der Waals surface area contributed by atoms with E-state index >= 15 is 0 Å². The Hall–Kier alpha value is -2.94. The molecular formula is C20H20FN3O4S. The maximum atomic E-state index is 14.5. The topological polar surface area (TPSA) is 103 Å². The molecule has 9 heteroatoms. The van der Waals surface area contributed by atoms with Crippen LogP contribution in [0.15, 0.2) is 41.3 Å². The van der Waals surface area contributed by atoms with Gasteiger partial charge in [-0.15, -0.1) is 0 Å². The fourth-order valence-electron chi connectivity index (χ4n) is 3.73. The SMILES string of the molecule is CS(=O)(=O)c1ccc(-c2nc3ccc(C4CCN(C(=O)O)CC4)cc3[nH]2)c(F)c1. The second-order valence-electron chi connectivity index (χ2n) is 7.32. The monoisotopic (exact) mass is 417 g/mol. The zero-order valence-electron chi connectivity index (χ0n) is 15.7. The molecule has 0 saturated carbocycles. The molecule has 2 aromatic carbocycles.